The van der Waals surface area contributed by atoms with E-state index in [-0.39, 0.29) is 0 Å². The van der Waals surface area contributed by atoms with Gasteiger partial charge in [0.15, 0.2) is 0 Å². The van der Waals surface area contributed by atoms with Gasteiger partial charge < -0.3 is 4.74 Å². The molecule has 1 saturated heterocycles. The number of likely N-dealkylation sites (tertiary alicyclic amines) is 1. The van der Waals surface area contributed by atoms with Crippen molar-refractivity contribution in [2.75, 3.05) is 20.2 Å². The highest BCUT2D eigenvalue weighted by Gasteiger charge is 2.18. The van der Waals surface area contributed by atoms with Crippen molar-refractivity contribution in [2.45, 2.75) is 25.6 Å². The van der Waals surface area contributed by atoms with Gasteiger partial charge in [-0.1, -0.05) is 6.07 Å². The smallest absolute Gasteiger partial charge is 0.212 e. The quantitative estimate of drug-likeness (QED) is 0.785. The maximum absolute atomic E-state index is 12.9. The number of methoxy groups -OCH3 is 1. The molecule has 1 aliphatic heterocycles. The predicted molar refractivity (Wildman–Crippen MR) is 60.2 cm³/mol. The van der Waals surface area contributed by atoms with Gasteiger partial charge in [0, 0.05) is 31.9 Å². The summed E-state index contributed by atoms with van der Waals surface area (Å²) < 4.78 is 17.9. The van der Waals surface area contributed by atoms with Crippen LogP contribution in [0.5, 0.6) is 5.88 Å². The van der Waals surface area contributed by atoms with Crippen molar-refractivity contribution >= 4 is 0 Å². The average molecular weight is 224 g/mol. The minimum absolute atomic E-state index is 0.606. The van der Waals surface area contributed by atoms with Crippen LogP contribution in [-0.4, -0.2) is 36.3 Å². The molecule has 16 heavy (non-hydrogen) atoms. The third-order valence-electron chi connectivity index (χ3n) is 2.93. The van der Waals surface area contributed by atoms with E-state index in [0.29, 0.717) is 18.7 Å². The van der Waals surface area contributed by atoms with Crippen LogP contribution in [0.4, 0.5) is 4.39 Å². The minimum atomic E-state index is -0.606. The Balaban J connectivity index is 1.88. The van der Waals surface area contributed by atoms with Crippen LogP contribution < -0.4 is 4.74 Å². The Labute approximate surface area is 95.2 Å². The highest BCUT2D eigenvalue weighted by Crippen LogP contribution is 2.16. The van der Waals surface area contributed by atoms with Crippen molar-refractivity contribution in [3.8, 4) is 5.88 Å². The molecule has 0 atom stereocenters. The van der Waals surface area contributed by atoms with Crippen molar-refractivity contribution in [2.24, 2.45) is 0 Å². The van der Waals surface area contributed by atoms with Crippen molar-refractivity contribution in [1.29, 1.82) is 0 Å². The summed E-state index contributed by atoms with van der Waals surface area (Å²) in [6.07, 6.45) is 2.53. The average Bonchev–Trinajstić information content (AvgIpc) is 2.33. The van der Waals surface area contributed by atoms with E-state index in [4.69, 9.17) is 4.74 Å². The normalized spacial score (nSPS) is 18.6. The molecule has 2 rings (SSSR count). The Kier molecular flexibility index (Phi) is 3.72. The molecule has 0 aromatic carbocycles. The van der Waals surface area contributed by atoms with E-state index in [1.54, 1.807) is 7.11 Å². The van der Waals surface area contributed by atoms with Gasteiger partial charge >= 0.3 is 0 Å². The number of rotatable bonds is 3. The van der Waals surface area contributed by atoms with E-state index in [2.05, 4.69) is 9.88 Å². The van der Waals surface area contributed by atoms with Crippen LogP contribution in [0.1, 0.15) is 18.4 Å². The number of nitrogens with zero attached hydrogens (tertiary/aromatic N) is 2. The maximum Gasteiger partial charge on any atom is 0.212 e. The Morgan fingerprint density at radius 1 is 1.44 bits per heavy atom. The fraction of sp³-hybridized carbons (Fsp3) is 0.583. The molecule has 0 amide bonds. The van der Waals surface area contributed by atoms with Crippen LogP contribution in [0.25, 0.3) is 0 Å². The fourth-order valence-electron chi connectivity index (χ4n) is 1.94. The summed E-state index contributed by atoms with van der Waals surface area (Å²) >= 11 is 0. The molecule has 1 aliphatic rings. The Morgan fingerprint density at radius 3 is 2.75 bits per heavy atom. The zero-order valence-electron chi connectivity index (χ0n) is 9.53. The molecular weight excluding hydrogens is 207 g/mol. The number of ether oxygens (including phenoxy) is 1. The van der Waals surface area contributed by atoms with Gasteiger partial charge in [-0.05, 0) is 18.4 Å². The molecule has 1 fully saturated rings. The number of alkyl halides is 1. The lowest BCUT2D eigenvalue weighted by Crippen LogP contribution is -2.33. The first-order chi connectivity index (χ1) is 7.78. The van der Waals surface area contributed by atoms with Gasteiger partial charge in [0.05, 0.1) is 7.11 Å². The third-order valence-corrected chi connectivity index (χ3v) is 2.93. The summed E-state index contributed by atoms with van der Waals surface area (Å²) in [5.74, 6) is 0.631. The van der Waals surface area contributed by atoms with E-state index < -0.39 is 6.17 Å². The molecule has 1 aromatic heterocycles. The number of halogens is 1. The first kappa shape index (κ1) is 11.3. The molecule has 0 radical (unpaired) electrons. The lowest BCUT2D eigenvalue weighted by molar-refractivity contribution is 0.145. The number of hydrogen-bond acceptors (Lipinski definition) is 3. The van der Waals surface area contributed by atoms with Gasteiger partial charge in [-0.2, -0.15) is 0 Å². The van der Waals surface area contributed by atoms with Crippen molar-refractivity contribution < 1.29 is 9.13 Å². The zero-order chi connectivity index (χ0) is 11.4. The summed E-state index contributed by atoms with van der Waals surface area (Å²) in [7, 11) is 1.61. The maximum atomic E-state index is 12.9. The highest BCUT2D eigenvalue weighted by molar-refractivity contribution is 5.17. The second-order valence-corrected chi connectivity index (χ2v) is 4.16. The molecule has 3 nitrogen and oxygen atoms in total. The van der Waals surface area contributed by atoms with Crippen LogP contribution in [-0.2, 0) is 6.54 Å². The Bertz CT molecular complexity index is 320. The summed E-state index contributed by atoms with van der Waals surface area (Å²) in [4.78, 5) is 6.42. The molecule has 0 bridgehead atoms. The third kappa shape index (κ3) is 2.92. The summed E-state index contributed by atoms with van der Waals surface area (Å²) in [5, 5.41) is 0. The summed E-state index contributed by atoms with van der Waals surface area (Å²) in [5.41, 5.74) is 1.15. The molecule has 4 heteroatoms. The molecule has 0 saturated carbocycles. The Morgan fingerprint density at radius 2 is 2.19 bits per heavy atom. The predicted octanol–water partition coefficient (Wildman–Crippen LogP) is 2.02. The van der Waals surface area contributed by atoms with Gasteiger partial charge in [-0.25, -0.2) is 9.37 Å². The topological polar surface area (TPSA) is 25.4 Å². The molecule has 0 aliphatic carbocycles. The van der Waals surface area contributed by atoms with Gasteiger partial charge in [0.25, 0.3) is 0 Å². The molecule has 2 heterocycles. The molecule has 1 aromatic rings. The van der Waals surface area contributed by atoms with Gasteiger partial charge in [0.1, 0.15) is 6.17 Å². The van der Waals surface area contributed by atoms with E-state index in [9.17, 15) is 4.39 Å². The molecule has 88 valence electrons. The van der Waals surface area contributed by atoms with Crippen LogP contribution in [0.3, 0.4) is 0 Å². The van der Waals surface area contributed by atoms with Crippen molar-refractivity contribution in [1.82, 2.24) is 9.88 Å². The SMILES string of the molecule is COc1ccc(CN2CCC(F)CC2)cn1. The van der Waals surface area contributed by atoms with E-state index >= 15 is 0 Å². The highest BCUT2D eigenvalue weighted by atomic mass is 19.1. The molecular formula is C12H17FN2O. The van der Waals surface area contributed by atoms with Crippen LogP contribution >= 0.6 is 0 Å². The fourth-order valence-corrected chi connectivity index (χ4v) is 1.94. The Hall–Kier alpha value is -1.16. The molecule has 0 N–H and O–H groups in total. The zero-order valence-corrected chi connectivity index (χ0v) is 9.53. The van der Waals surface area contributed by atoms with E-state index in [1.165, 1.54) is 0 Å². The summed E-state index contributed by atoms with van der Waals surface area (Å²) in [6, 6.07) is 3.87. The molecule has 0 spiro atoms. The first-order valence-electron chi connectivity index (χ1n) is 5.63. The van der Waals surface area contributed by atoms with Crippen molar-refractivity contribution in [3.05, 3.63) is 23.9 Å². The van der Waals surface area contributed by atoms with Crippen molar-refractivity contribution in [3.63, 3.8) is 0 Å². The second kappa shape index (κ2) is 5.25. The van der Waals surface area contributed by atoms with Gasteiger partial charge in [-0.15, -0.1) is 0 Å². The van der Waals surface area contributed by atoms with Gasteiger partial charge in [-0.3, -0.25) is 4.90 Å². The second-order valence-electron chi connectivity index (χ2n) is 4.16. The number of aromatic nitrogens is 1. The molecule has 0 unspecified atom stereocenters. The summed E-state index contributed by atoms with van der Waals surface area (Å²) in [6.45, 7) is 2.53. The lowest BCUT2D eigenvalue weighted by Gasteiger charge is -2.28. The largest absolute Gasteiger partial charge is 0.481 e. The number of pyridine rings is 1. The lowest BCUT2D eigenvalue weighted by atomic mass is 10.1. The van der Waals surface area contributed by atoms with E-state index in [1.807, 2.05) is 18.3 Å². The minimum Gasteiger partial charge on any atom is -0.481 e. The van der Waals surface area contributed by atoms with Gasteiger partial charge in [0.2, 0.25) is 5.88 Å². The van der Waals surface area contributed by atoms with Crippen LogP contribution in [0.15, 0.2) is 18.3 Å². The number of hydrogen-bond donors (Lipinski definition) is 0. The van der Waals surface area contributed by atoms with Crippen LogP contribution in [0, 0.1) is 0 Å². The first-order valence-corrected chi connectivity index (χ1v) is 5.63. The standard InChI is InChI=1S/C12H17FN2O/c1-16-12-3-2-10(8-14-12)9-15-6-4-11(13)5-7-15/h2-3,8,11H,4-7,9H2,1H3. The monoisotopic (exact) mass is 224 g/mol. The van der Waals surface area contributed by atoms with Crippen LogP contribution in [0.2, 0.25) is 0 Å². The number of piperidine rings is 1. The van der Waals surface area contributed by atoms with E-state index in [0.717, 1.165) is 25.2 Å².